The zero-order valence-electron chi connectivity index (χ0n) is 19.8. The first kappa shape index (κ1) is 24.0. The third kappa shape index (κ3) is 5.42. The fourth-order valence-corrected chi connectivity index (χ4v) is 3.82. The smallest absolute Gasteiger partial charge is 0.338 e. The first-order valence-corrected chi connectivity index (χ1v) is 11.2. The van der Waals surface area contributed by atoms with Gasteiger partial charge in [-0.25, -0.2) is 9.59 Å². The Morgan fingerprint density at radius 3 is 2.52 bits per heavy atom. The molecule has 1 aliphatic rings. The van der Waals surface area contributed by atoms with Gasteiger partial charge in [-0.1, -0.05) is 44.2 Å². The number of hydrogen-bond donors (Lipinski definition) is 2. The van der Waals surface area contributed by atoms with Gasteiger partial charge in [0.05, 0.1) is 18.2 Å². The standard InChI is InChI=1S/C26H31N3O4/c1-6-29-18(5)22(25(31)33-15-16(2)3)23(28-26(29)32)19-11-9-12-20(14-19)27-24(30)21-13-8-7-10-17(21)4/h7-14,16,23H,6,15H2,1-5H3,(H,27,30)(H,28,32). The summed E-state index contributed by atoms with van der Waals surface area (Å²) in [7, 11) is 0. The maximum atomic E-state index is 13.0. The Morgan fingerprint density at radius 1 is 1.12 bits per heavy atom. The molecule has 174 valence electrons. The predicted molar refractivity (Wildman–Crippen MR) is 128 cm³/mol. The predicted octanol–water partition coefficient (Wildman–Crippen LogP) is 4.81. The second-order valence-electron chi connectivity index (χ2n) is 8.51. The van der Waals surface area contributed by atoms with Crippen molar-refractivity contribution in [2.24, 2.45) is 5.92 Å². The number of benzene rings is 2. The van der Waals surface area contributed by atoms with Gasteiger partial charge in [-0.2, -0.15) is 0 Å². The molecule has 3 rings (SSSR count). The van der Waals surface area contributed by atoms with Crippen molar-refractivity contribution in [2.45, 2.75) is 40.7 Å². The molecule has 1 aliphatic heterocycles. The maximum Gasteiger partial charge on any atom is 0.338 e. The van der Waals surface area contributed by atoms with E-state index in [0.717, 1.165) is 5.56 Å². The van der Waals surface area contributed by atoms with Crippen LogP contribution in [0, 0.1) is 12.8 Å². The number of urea groups is 1. The van der Waals surface area contributed by atoms with E-state index in [4.69, 9.17) is 4.74 Å². The van der Waals surface area contributed by atoms with Crippen LogP contribution in [0.25, 0.3) is 0 Å². The van der Waals surface area contributed by atoms with Crippen molar-refractivity contribution in [2.75, 3.05) is 18.5 Å². The number of nitrogens with zero attached hydrogens (tertiary/aromatic N) is 1. The van der Waals surface area contributed by atoms with Gasteiger partial charge in [0.1, 0.15) is 0 Å². The molecule has 2 aromatic carbocycles. The van der Waals surface area contributed by atoms with E-state index in [2.05, 4.69) is 10.6 Å². The maximum absolute atomic E-state index is 13.0. The molecule has 1 unspecified atom stereocenters. The van der Waals surface area contributed by atoms with Gasteiger partial charge in [-0.05, 0) is 56.0 Å². The molecule has 0 bridgehead atoms. The molecule has 2 N–H and O–H groups in total. The van der Waals surface area contributed by atoms with E-state index in [1.807, 2.05) is 52.0 Å². The number of aryl methyl sites for hydroxylation is 1. The van der Waals surface area contributed by atoms with Crippen LogP contribution in [0.4, 0.5) is 10.5 Å². The number of ether oxygens (including phenoxy) is 1. The highest BCUT2D eigenvalue weighted by molar-refractivity contribution is 6.05. The Bertz CT molecular complexity index is 1090. The van der Waals surface area contributed by atoms with Crippen LogP contribution < -0.4 is 10.6 Å². The lowest BCUT2D eigenvalue weighted by molar-refractivity contribution is -0.140. The molecule has 0 spiro atoms. The van der Waals surface area contributed by atoms with Gasteiger partial charge < -0.3 is 15.4 Å². The van der Waals surface area contributed by atoms with E-state index in [1.54, 1.807) is 31.2 Å². The molecule has 1 atom stereocenters. The molecule has 33 heavy (non-hydrogen) atoms. The van der Waals surface area contributed by atoms with E-state index in [0.29, 0.717) is 34.6 Å². The third-order valence-corrected chi connectivity index (χ3v) is 5.55. The van der Waals surface area contributed by atoms with Crippen molar-refractivity contribution in [3.05, 3.63) is 76.5 Å². The molecule has 0 saturated carbocycles. The number of esters is 1. The van der Waals surface area contributed by atoms with Crippen LogP contribution in [0.3, 0.4) is 0 Å². The summed E-state index contributed by atoms with van der Waals surface area (Å²) in [5.41, 5.74) is 3.66. The summed E-state index contributed by atoms with van der Waals surface area (Å²) in [6, 6.07) is 13.5. The lowest BCUT2D eigenvalue weighted by atomic mass is 9.94. The largest absolute Gasteiger partial charge is 0.462 e. The topological polar surface area (TPSA) is 87.7 Å². The summed E-state index contributed by atoms with van der Waals surface area (Å²) >= 11 is 0. The van der Waals surface area contributed by atoms with Gasteiger partial charge >= 0.3 is 12.0 Å². The van der Waals surface area contributed by atoms with Crippen LogP contribution in [-0.2, 0) is 9.53 Å². The van der Waals surface area contributed by atoms with Gasteiger partial charge in [-0.15, -0.1) is 0 Å². The molecule has 7 nitrogen and oxygen atoms in total. The highest BCUT2D eigenvalue weighted by Gasteiger charge is 2.36. The average molecular weight is 450 g/mol. The Kier molecular flexibility index (Phi) is 7.53. The van der Waals surface area contributed by atoms with Crippen LogP contribution >= 0.6 is 0 Å². The number of amides is 3. The number of anilines is 1. The molecule has 0 aliphatic carbocycles. The van der Waals surface area contributed by atoms with Crippen LogP contribution in [0.15, 0.2) is 59.8 Å². The molecular weight excluding hydrogens is 418 g/mol. The summed E-state index contributed by atoms with van der Waals surface area (Å²) in [6.07, 6.45) is 0. The zero-order chi connectivity index (χ0) is 24.1. The van der Waals surface area contributed by atoms with Gasteiger partial charge in [0.2, 0.25) is 0 Å². The second kappa shape index (κ2) is 10.3. The molecule has 0 radical (unpaired) electrons. The number of allylic oxidation sites excluding steroid dienone is 1. The first-order chi connectivity index (χ1) is 15.7. The van der Waals surface area contributed by atoms with Crippen molar-refractivity contribution in [1.29, 1.82) is 0 Å². The van der Waals surface area contributed by atoms with E-state index in [9.17, 15) is 14.4 Å². The summed E-state index contributed by atoms with van der Waals surface area (Å²) in [6.45, 7) is 10.1. The molecule has 2 aromatic rings. The molecule has 0 aromatic heterocycles. The summed E-state index contributed by atoms with van der Waals surface area (Å²) in [5, 5.41) is 5.83. The molecule has 3 amide bonds. The summed E-state index contributed by atoms with van der Waals surface area (Å²) in [5.74, 6) is -0.494. The lowest BCUT2D eigenvalue weighted by Gasteiger charge is -2.35. The Morgan fingerprint density at radius 2 is 1.85 bits per heavy atom. The fourth-order valence-electron chi connectivity index (χ4n) is 3.82. The van der Waals surface area contributed by atoms with Gasteiger partial charge in [0.15, 0.2) is 0 Å². The van der Waals surface area contributed by atoms with E-state index < -0.39 is 12.0 Å². The van der Waals surface area contributed by atoms with Crippen LogP contribution in [-0.4, -0.2) is 36.0 Å². The van der Waals surface area contributed by atoms with Crippen LogP contribution in [0.1, 0.15) is 55.2 Å². The quantitative estimate of drug-likeness (QED) is 0.594. The summed E-state index contributed by atoms with van der Waals surface area (Å²) in [4.78, 5) is 40.0. The number of hydrogen-bond acceptors (Lipinski definition) is 4. The molecular formula is C26H31N3O4. The van der Waals surface area contributed by atoms with E-state index in [1.165, 1.54) is 4.90 Å². The van der Waals surface area contributed by atoms with Crippen molar-refractivity contribution in [3.8, 4) is 0 Å². The molecule has 0 saturated heterocycles. The van der Waals surface area contributed by atoms with Crippen molar-refractivity contribution < 1.29 is 19.1 Å². The molecule has 1 heterocycles. The Labute approximate surface area is 194 Å². The van der Waals surface area contributed by atoms with E-state index in [-0.39, 0.29) is 24.5 Å². The van der Waals surface area contributed by atoms with Gasteiger partial charge in [0.25, 0.3) is 5.91 Å². The van der Waals surface area contributed by atoms with Gasteiger partial charge in [-0.3, -0.25) is 9.69 Å². The minimum Gasteiger partial charge on any atom is -0.462 e. The molecule has 7 heteroatoms. The lowest BCUT2D eigenvalue weighted by Crippen LogP contribution is -2.48. The fraction of sp³-hybridized carbons (Fsp3) is 0.346. The van der Waals surface area contributed by atoms with Crippen molar-refractivity contribution in [1.82, 2.24) is 10.2 Å². The third-order valence-electron chi connectivity index (χ3n) is 5.55. The Balaban J connectivity index is 1.93. The van der Waals surface area contributed by atoms with E-state index >= 15 is 0 Å². The summed E-state index contributed by atoms with van der Waals surface area (Å²) < 4.78 is 5.51. The minimum absolute atomic E-state index is 0.189. The average Bonchev–Trinajstić information content (AvgIpc) is 2.77. The zero-order valence-corrected chi connectivity index (χ0v) is 19.8. The highest BCUT2D eigenvalue weighted by Crippen LogP contribution is 2.32. The number of rotatable bonds is 7. The number of carbonyl (C=O) groups is 3. The first-order valence-electron chi connectivity index (χ1n) is 11.2. The van der Waals surface area contributed by atoms with Gasteiger partial charge in [0, 0.05) is 23.5 Å². The Hall–Kier alpha value is -3.61. The monoisotopic (exact) mass is 449 g/mol. The highest BCUT2D eigenvalue weighted by atomic mass is 16.5. The minimum atomic E-state index is -0.685. The SMILES string of the molecule is CCN1C(=O)NC(c2cccc(NC(=O)c3ccccc3C)c2)C(C(=O)OCC(C)C)=C1C. The van der Waals surface area contributed by atoms with Crippen molar-refractivity contribution in [3.63, 3.8) is 0 Å². The van der Waals surface area contributed by atoms with Crippen LogP contribution in [0.5, 0.6) is 0 Å². The number of carbonyl (C=O) groups excluding carboxylic acids is 3. The normalized spacial score (nSPS) is 16.0. The molecule has 0 fully saturated rings. The van der Waals surface area contributed by atoms with Crippen LogP contribution in [0.2, 0.25) is 0 Å². The second-order valence-corrected chi connectivity index (χ2v) is 8.51. The number of nitrogens with one attached hydrogen (secondary N) is 2. The van der Waals surface area contributed by atoms with Crippen molar-refractivity contribution >= 4 is 23.6 Å².